The number of para-hydroxylation sites is 1. The van der Waals surface area contributed by atoms with Crippen LogP contribution in [0.15, 0.2) is 48.5 Å². The summed E-state index contributed by atoms with van der Waals surface area (Å²) in [4.78, 5) is 9.93. The third kappa shape index (κ3) is 2.99. The molecule has 0 saturated carbocycles. The van der Waals surface area contributed by atoms with E-state index in [9.17, 15) is 0 Å². The van der Waals surface area contributed by atoms with Gasteiger partial charge in [0.15, 0.2) is 5.65 Å². The fourth-order valence-corrected chi connectivity index (χ4v) is 4.39. The van der Waals surface area contributed by atoms with Crippen molar-refractivity contribution >= 4 is 28.2 Å². The lowest BCUT2D eigenvalue weighted by Crippen LogP contribution is -2.53. The lowest BCUT2D eigenvalue weighted by molar-refractivity contribution is 0.541. The fourth-order valence-electron chi connectivity index (χ4n) is 4.39. The van der Waals surface area contributed by atoms with E-state index in [4.69, 9.17) is 4.98 Å². The summed E-state index contributed by atoms with van der Waals surface area (Å²) in [5, 5.41) is 10.00. The first-order valence-corrected chi connectivity index (χ1v) is 10.4. The van der Waals surface area contributed by atoms with Gasteiger partial charge in [0, 0.05) is 43.2 Å². The van der Waals surface area contributed by atoms with Crippen molar-refractivity contribution in [2.75, 3.05) is 29.4 Å². The Hall–Kier alpha value is -3.15. The second-order valence-corrected chi connectivity index (χ2v) is 7.89. The molecule has 29 heavy (non-hydrogen) atoms. The first kappa shape index (κ1) is 17.9. The van der Waals surface area contributed by atoms with Crippen LogP contribution in [0.3, 0.4) is 0 Å². The molecule has 148 valence electrons. The van der Waals surface area contributed by atoms with Crippen LogP contribution in [-0.4, -0.2) is 45.3 Å². The molecule has 1 fully saturated rings. The molecule has 0 spiro atoms. The predicted molar refractivity (Wildman–Crippen MR) is 118 cm³/mol. The van der Waals surface area contributed by atoms with Gasteiger partial charge >= 0.3 is 0 Å². The molecule has 1 saturated heterocycles. The number of rotatable bonds is 3. The average Bonchev–Trinajstić information content (AvgIpc) is 3.17. The summed E-state index contributed by atoms with van der Waals surface area (Å²) in [6.45, 7) is 9.35. The number of hydrogen-bond acceptors (Lipinski definition) is 5. The summed E-state index contributed by atoms with van der Waals surface area (Å²) < 4.78 is 2.15. The lowest BCUT2D eigenvalue weighted by atomic mass is 10.1. The Kier molecular flexibility index (Phi) is 4.34. The van der Waals surface area contributed by atoms with E-state index in [0.717, 1.165) is 54.4 Å². The molecule has 4 aromatic rings. The largest absolute Gasteiger partial charge is 0.365 e. The molecule has 1 atom stereocenters. The SMILES string of the molecule is CCc1nnc2c3ccccc3nc(N3CCN(c4cccc(C)c4)[C@H](C)C3)n12. The Morgan fingerprint density at radius 1 is 1.03 bits per heavy atom. The first-order chi connectivity index (χ1) is 14.2. The van der Waals surface area contributed by atoms with E-state index in [1.54, 1.807) is 0 Å². The first-order valence-electron chi connectivity index (χ1n) is 10.4. The van der Waals surface area contributed by atoms with Crippen LogP contribution in [0.5, 0.6) is 0 Å². The summed E-state index contributed by atoms with van der Waals surface area (Å²) in [6, 6.07) is 17.4. The number of piperazine rings is 1. The van der Waals surface area contributed by atoms with E-state index < -0.39 is 0 Å². The van der Waals surface area contributed by atoms with Gasteiger partial charge in [0.2, 0.25) is 5.95 Å². The molecular weight excluding hydrogens is 360 g/mol. The van der Waals surface area contributed by atoms with E-state index in [2.05, 4.69) is 81.6 Å². The number of benzene rings is 2. The highest BCUT2D eigenvalue weighted by molar-refractivity contribution is 5.92. The Labute approximate surface area is 170 Å². The molecule has 1 aliphatic rings. The van der Waals surface area contributed by atoms with Crippen LogP contribution >= 0.6 is 0 Å². The minimum Gasteiger partial charge on any atom is -0.365 e. The van der Waals surface area contributed by atoms with E-state index in [1.807, 2.05) is 12.1 Å². The van der Waals surface area contributed by atoms with Gasteiger partial charge in [-0.05, 0) is 43.7 Å². The molecule has 0 aliphatic carbocycles. The molecule has 0 amide bonds. The smallest absolute Gasteiger partial charge is 0.213 e. The van der Waals surface area contributed by atoms with Crippen LogP contribution in [0.4, 0.5) is 11.6 Å². The molecule has 2 aromatic heterocycles. The second kappa shape index (κ2) is 7.03. The van der Waals surface area contributed by atoms with E-state index in [1.165, 1.54) is 11.3 Å². The van der Waals surface area contributed by atoms with E-state index >= 15 is 0 Å². The second-order valence-electron chi connectivity index (χ2n) is 7.89. The Morgan fingerprint density at radius 3 is 2.69 bits per heavy atom. The number of hydrogen-bond donors (Lipinski definition) is 0. The molecule has 5 rings (SSSR count). The van der Waals surface area contributed by atoms with Gasteiger partial charge in [0.05, 0.1) is 5.52 Å². The van der Waals surface area contributed by atoms with Crippen LogP contribution in [0, 0.1) is 6.92 Å². The summed E-state index contributed by atoms with van der Waals surface area (Å²) >= 11 is 0. The van der Waals surface area contributed by atoms with Gasteiger partial charge in [-0.2, -0.15) is 0 Å². The van der Waals surface area contributed by atoms with Gasteiger partial charge in [-0.1, -0.05) is 31.2 Å². The van der Waals surface area contributed by atoms with Crippen LogP contribution in [-0.2, 0) is 6.42 Å². The van der Waals surface area contributed by atoms with Crippen molar-refractivity contribution in [2.24, 2.45) is 0 Å². The highest BCUT2D eigenvalue weighted by Gasteiger charge is 2.27. The molecule has 2 aromatic carbocycles. The maximum atomic E-state index is 5.04. The van der Waals surface area contributed by atoms with Crippen LogP contribution in [0.2, 0.25) is 0 Å². The van der Waals surface area contributed by atoms with Crippen molar-refractivity contribution in [3.8, 4) is 0 Å². The zero-order valence-electron chi connectivity index (χ0n) is 17.2. The standard InChI is InChI=1S/C23H26N6/c1-4-21-25-26-22-19-10-5-6-11-20(19)24-23(29(21)22)27-12-13-28(17(3)15-27)18-9-7-8-16(2)14-18/h5-11,14,17H,4,12-13,15H2,1-3H3/t17-/m1/s1. The number of fused-ring (bicyclic) bond motifs is 3. The number of anilines is 2. The third-order valence-electron chi connectivity index (χ3n) is 5.86. The van der Waals surface area contributed by atoms with Crippen LogP contribution in [0.1, 0.15) is 25.2 Å². The van der Waals surface area contributed by atoms with Crippen molar-refractivity contribution in [2.45, 2.75) is 33.2 Å². The highest BCUT2D eigenvalue weighted by atomic mass is 15.4. The average molecular weight is 387 g/mol. The number of aryl methyl sites for hydroxylation is 2. The summed E-state index contributed by atoms with van der Waals surface area (Å²) in [7, 11) is 0. The van der Waals surface area contributed by atoms with Crippen LogP contribution < -0.4 is 9.80 Å². The zero-order chi connectivity index (χ0) is 20.0. The molecular formula is C23H26N6. The molecule has 6 nitrogen and oxygen atoms in total. The van der Waals surface area contributed by atoms with Crippen molar-refractivity contribution < 1.29 is 0 Å². The van der Waals surface area contributed by atoms with Gasteiger partial charge in [0.1, 0.15) is 5.82 Å². The number of aromatic nitrogens is 4. The van der Waals surface area contributed by atoms with Gasteiger partial charge in [-0.25, -0.2) is 9.38 Å². The maximum Gasteiger partial charge on any atom is 0.213 e. The van der Waals surface area contributed by atoms with E-state index in [0.29, 0.717) is 6.04 Å². The molecule has 6 heteroatoms. The highest BCUT2D eigenvalue weighted by Crippen LogP contribution is 2.28. The maximum absolute atomic E-state index is 5.04. The fraction of sp³-hybridized carbons (Fsp3) is 0.348. The van der Waals surface area contributed by atoms with E-state index in [-0.39, 0.29) is 0 Å². The van der Waals surface area contributed by atoms with Crippen molar-refractivity contribution in [3.05, 3.63) is 59.9 Å². The Balaban J connectivity index is 1.55. The minimum atomic E-state index is 0.385. The van der Waals surface area contributed by atoms with Gasteiger partial charge in [0.25, 0.3) is 0 Å². The Bertz CT molecular complexity index is 1180. The molecule has 3 heterocycles. The monoisotopic (exact) mass is 386 g/mol. The summed E-state index contributed by atoms with van der Waals surface area (Å²) in [5.41, 5.74) is 4.47. The molecule has 0 radical (unpaired) electrons. The van der Waals surface area contributed by atoms with Crippen molar-refractivity contribution in [3.63, 3.8) is 0 Å². The van der Waals surface area contributed by atoms with Gasteiger partial charge < -0.3 is 9.80 Å². The number of nitrogens with zero attached hydrogens (tertiary/aromatic N) is 6. The third-order valence-corrected chi connectivity index (χ3v) is 5.86. The van der Waals surface area contributed by atoms with Gasteiger partial charge in [-0.15, -0.1) is 10.2 Å². The normalized spacial score (nSPS) is 17.4. The lowest BCUT2D eigenvalue weighted by Gasteiger charge is -2.42. The molecule has 0 unspecified atom stereocenters. The zero-order valence-corrected chi connectivity index (χ0v) is 17.2. The Morgan fingerprint density at radius 2 is 1.90 bits per heavy atom. The van der Waals surface area contributed by atoms with Crippen molar-refractivity contribution in [1.82, 2.24) is 19.6 Å². The summed E-state index contributed by atoms with van der Waals surface area (Å²) in [5.74, 6) is 1.92. The molecule has 1 aliphatic heterocycles. The van der Waals surface area contributed by atoms with Crippen LogP contribution in [0.25, 0.3) is 16.6 Å². The predicted octanol–water partition coefficient (Wildman–Crippen LogP) is 3.86. The quantitative estimate of drug-likeness (QED) is 0.535. The minimum absolute atomic E-state index is 0.385. The summed E-state index contributed by atoms with van der Waals surface area (Å²) in [6.07, 6.45) is 0.826. The topological polar surface area (TPSA) is 49.6 Å². The van der Waals surface area contributed by atoms with Crippen molar-refractivity contribution in [1.29, 1.82) is 0 Å². The van der Waals surface area contributed by atoms with Gasteiger partial charge in [-0.3, -0.25) is 0 Å². The molecule has 0 bridgehead atoms. The molecule has 0 N–H and O–H groups in total.